The molecule has 1 N–H and O–H groups in total. The highest BCUT2D eigenvalue weighted by molar-refractivity contribution is 6.46. The number of ketones is 1. The smallest absolute Gasteiger partial charge is 0.295 e. The van der Waals surface area contributed by atoms with Crippen LogP contribution in [0.5, 0.6) is 5.75 Å². The molecule has 1 atom stereocenters. The third kappa shape index (κ3) is 5.47. The van der Waals surface area contributed by atoms with Gasteiger partial charge in [0.1, 0.15) is 5.75 Å². The predicted molar refractivity (Wildman–Crippen MR) is 129 cm³/mol. The molecule has 2 heterocycles. The van der Waals surface area contributed by atoms with Crippen LogP contribution in [0, 0.1) is 12.8 Å². The minimum Gasteiger partial charge on any atom is -0.872 e. The van der Waals surface area contributed by atoms with Crippen molar-refractivity contribution in [3.8, 4) is 5.75 Å². The summed E-state index contributed by atoms with van der Waals surface area (Å²) in [4.78, 5) is 33.2. The van der Waals surface area contributed by atoms with Crippen LogP contribution < -0.4 is 14.7 Å². The number of Topliss-reactive ketones (excluding diaryl/α,β-unsaturated/α-hetero) is 1. The van der Waals surface area contributed by atoms with Crippen LogP contribution in [0.3, 0.4) is 0 Å². The number of pyridine rings is 1. The number of carbonyl (C=O) groups is 2. The summed E-state index contributed by atoms with van der Waals surface area (Å²) in [5.74, 6) is -0.696. The van der Waals surface area contributed by atoms with E-state index < -0.39 is 23.5 Å². The van der Waals surface area contributed by atoms with Gasteiger partial charge in [0.25, 0.3) is 5.91 Å². The van der Waals surface area contributed by atoms with E-state index >= 15 is 0 Å². The van der Waals surface area contributed by atoms with Crippen molar-refractivity contribution < 1.29 is 24.3 Å². The first-order valence-electron chi connectivity index (χ1n) is 12.0. The fourth-order valence-corrected chi connectivity index (χ4v) is 4.26. The maximum absolute atomic E-state index is 13.7. The molecular weight excluding hydrogens is 430 g/mol. The number of nitrogens with zero attached hydrogens (tertiary/aromatic N) is 2. The summed E-state index contributed by atoms with van der Waals surface area (Å²) in [6, 6.07) is 8.04. The van der Waals surface area contributed by atoms with E-state index in [9.17, 15) is 14.7 Å². The van der Waals surface area contributed by atoms with Gasteiger partial charge >= 0.3 is 0 Å². The number of hydrogen-bond acceptors (Lipinski definition) is 5. The standard InChI is InChI=1S/C27H35N3O4/c1-6-29(7-2)14-15-30-24(20-10-12-28-13-11-20)23(26(32)27(30)33)25(31)22-9-8-21(16-19(22)5)34-17-18(3)4/h8-13,16,18,24,31H,6-7,14-15,17H2,1-5H3/b25-23+. The van der Waals surface area contributed by atoms with Gasteiger partial charge in [-0.25, -0.2) is 0 Å². The lowest BCUT2D eigenvalue weighted by Gasteiger charge is -2.28. The third-order valence-corrected chi connectivity index (χ3v) is 6.28. The Hall–Kier alpha value is -3.19. The van der Waals surface area contributed by atoms with E-state index in [0.29, 0.717) is 48.1 Å². The fraction of sp³-hybridized carbons (Fsp3) is 0.444. The first-order valence-corrected chi connectivity index (χ1v) is 12.0. The Labute approximate surface area is 202 Å². The van der Waals surface area contributed by atoms with E-state index in [1.807, 2.05) is 6.92 Å². The molecule has 7 heteroatoms. The van der Waals surface area contributed by atoms with Crippen molar-refractivity contribution in [1.82, 2.24) is 9.88 Å². The second kappa shape index (κ2) is 11.3. The molecule has 0 saturated carbocycles. The Balaban J connectivity index is 2.03. The predicted octanol–water partition coefficient (Wildman–Crippen LogP) is 1.57. The first kappa shape index (κ1) is 25.4. The number of aromatic nitrogens is 1. The number of carbonyl (C=O) groups excluding carboxylic acids is 2. The molecule has 2 aromatic rings. The van der Waals surface area contributed by atoms with Crippen molar-refractivity contribution >= 4 is 17.4 Å². The van der Waals surface area contributed by atoms with Crippen molar-refractivity contribution in [3.63, 3.8) is 0 Å². The Bertz CT molecular complexity index is 1050. The molecule has 1 fully saturated rings. The zero-order chi connectivity index (χ0) is 24.8. The molecule has 0 radical (unpaired) electrons. The number of likely N-dealkylation sites (N-methyl/N-ethyl adjacent to an activating group) is 1. The number of amides is 1. The van der Waals surface area contributed by atoms with E-state index in [1.165, 1.54) is 4.90 Å². The van der Waals surface area contributed by atoms with Crippen LogP contribution in [0.2, 0.25) is 0 Å². The van der Waals surface area contributed by atoms with Crippen LogP contribution in [-0.2, 0) is 9.59 Å². The summed E-state index contributed by atoms with van der Waals surface area (Å²) in [5.41, 5.74) is 1.83. The highest BCUT2D eigenvalue weighted by atomic mass is 16.5. The number of nitrogens with one attached hydrogen (secondary N) is 1. The Morgan fingerprint density at radius 2 is 1.82 bits per heavy atom. The van der Waals surface area contributed by atoms with Crippen molar-refractivity contribution in [2.75, 3.05) is 32.8 Å². The minimum atomic E-state index is -0.721. The molecule has 1 aromatic heterocycles. The van der Waals surface area contributed by atoms with Crippen LogP contribution in [0.25, 0.3) is 5.76 Å². The van der Waals surface area contributed by atoms with Crippen molar-refractivity contribution in [1.29, 1.82) is 0 Å². The lowest BCUT2D eigenvalue weighted by Crippen LogP contribution is -3.12. The maximum Gasteiger partial charge on any atom is 0.295 e. The number of ether oxygens (including phenoxy) is 1. The second-order valence-electron chi connectivity index (χ2n) is 9.14. The zero-order valence-electron chi connectivity index (χ0n) is 20.8. The monoisotopic (exact) mass is 465 g/mol. The molecule has 1 unspecified atom stereocenters. The van der Waals surface area contributed by atoms with Gasteiger partial charge in [-0.3, -0.25) is 14.6 Å². The van der Waals surface area contributed by atoms with Gasteiger partial charge in [-0.1, -0.05) is 25.7 Å². The van der Waals surface area contributed by atoms with E-state index in [1.54, 1.807) is 47.6 Å². The number of rotatable bonds is 10. The molecule has 3 rings (SSSR count). The topological polar surface area (TPSA) is 87.0 Å². The van der Waals surface area contributed by atoms with Gasteiger partial charge in [-0.15, -0.1) is 0 Å². The van der Waals surface area contributed by atoms with Crippen LogP contribution in [-0.4, -0.2) is 54.4 Å². The van der Waals surface area contributed by atoms with Crippen LogP contribution >= 0.6 is 0 Å². The molecule has 7 nitrogen and oxygen atoms in total. The highest BCUT2D eigenvalue weighted by Crippen LogP contribution is 2.38. The number of quaternary nitrogens is 1. The molecule has 1 aliphatic heterocycles. The molecule has 1 saturated heterocycles. The van der Waals surface area contributed by atoms with Crippen molar-refractivity contribution in [2.24, 2.45) is 5.92 Å². The fourth-order valence-electron chi connectivity index (χ4n) is 4.26. The Kier molecular flexibility index (Phi) is 8.45. The average Bonchev–Trinajstić information content (AvgIpc) is 3.08. The highest BCUT2D eigenvalue weighted by Gasteiger charge is 2.44. The van der Waals surface area contributed by atoms with E-state index in [4.69, 9.17) is 4.74 Å². The summed E-state index contributed by atoms with van der Waals surface area (Å²) in [7, 11) is 0. The largest absolute Gasteiger partial charge is 0.872 e. The third-order valence-electron chi connectivity index (χ3n) is 6.28. The van der Waals surface area contributed by atoms with Gasteiger partial charge in [0.05, 0.1) is 38.8 Å². The first-order chi connectivity index (χ1) is 16.3. The quantitative estimate of drug-likeness (QED) is 0.327. The van der Waals surface area contributed by atoms with Gasteiger partial charge < -0.3 is 19.6 Å². The average molecular weight is 466 g/mol. The molecule has 1 aromatic carbocycles. The van der Waals surface area contributed by atoms with Gasteiger partial charge in [0.15, 0.2) is 0 Å². The van der Waals surface area contributed by atoms with Gasteiger partial charge in [0, 0.05) is 18.0 Å². The minimum absolute atomic E-state index is 0.00435. The summed E-state index contributed by atoms with van der Waals surface area (Å²) in [6.07, 6.45) is 3.23. The molecule has 1 amide bonds. The maximum atomic E-state index is 13.7. The van der Waals surface area contributed by atoms with Crippen molar-refractivity contribution in [2.45, 2.75) is 40.7 Å². The SMILES string of the molecule is CC[NH+](CC)CCN1C(=O)C(=O)/C(=C(/[O-])c2ccc(OCC(C)C)cc2C)C1c1ccncc1. The summed E-state index contributed by atoms with van der Waals surface area (Å²) < 4.78 is 5.77. The van der Waals surface area contributed by atoms with E-state index in [2.05, 4.69) is 32.7 Å². The molecule has 34 heavy (non-hydrogen) atoms. The van der Waals surface area contributed by atoms with Gasteiger partial charge in [-0.2, -0.15) is 0 Å². The summed E-state index contributed by atoms with van der Waals surface area (Å²) >= 11 is 0. The van der Waals surface area contributed by atoms with Crippen molar-refractivity contribution in [3.05, 3.63) is 65.0 Å². The van der Waals surface area contributed by atoms with Gasteiger partial charge in [0.2, 0.25) is 5.78 Å². The number of aryl methyl sites for hydroxylation is 1. The Morgan fingerprint density at radius 3 is 2.41 bits per heavy atom. The molecule has 0 spiro atoms. The second-order valence-corrected chi connectivity index (χ2v) is 9.14. The molecule has 1 aliphatic rings. The van der Waals surface area contributed by atoms with Crippen LogP contribution in [0.4, 0.5) is 0 Å². The molecular formula is C27H35N3O4. The number of benzene rings is 1. The van der Waals surface area contributed by atoms with Gasteiger partial charge in [-0.05, 0) is 67.6 Å². The van der Waals surface area contributed by atoms with E-state index in [-0.39, 0.29) is 5.57 Å². The number of hydrogen-bond donors (Lipinski definition) is 1. The lowest BCUT2D eigenvalue weighted by molar-refractivity contribution is -0.895. The van der Waals surface area contributed by atoms with Crippen LogP contribution in [0.15, 0.2) is 48.3 Å². The summed E-state index contributed by atoms with van der Waals surface area (Å²) in [5, 5.41) is 13.7. The zero-order valence-corrected chi connectivity index (χ0v) is 20.8. The normalized spacial score (nSPS) is 17.7. The number of likely N-dealkylation sites (tertiary alicyclic amines) is 1. The molecule has 182 valence electrons. The lowest BCUT2D eigenvalue weighted by atomic mass is 9.94. The molecule has 0 aliphatic carbocycles. The van der Waals surface area contributed by atoms with E-state index in [0.717, 1.165) is 13.1 Å². The molecule has 0 bridgehead atoms. The van der Waals surface area contributed by atoms with Crippen LogP contribution in [0.1, 0.15) is 50.4 Å². The Morgan fingerprint density at radius 1 is 1.15 bits per heavy atom. The summed E-state index contributed by atoms with van der Waals surface area (Å²) in [6.45, 7) is 13.7.